The number of thiophene rings is 1. The van der Waals surface area contributed by atoms with Crippen LogP contribution in [0.5, 0.6) is 5.75 Å². The maximum absolute atomic E-state index is 12.4. The zero-order valence-corrected chi connectivity index (χ0v) is 13.7. The molecule has 22 heavy (non-hydrogen) atoms. The summed E-state index contributed by atoms with van der Waals surface area (Å²) in [5.41, 5.74) is -5.47. The number of alkyl halides is 3. The summed E-state index contributed by atoms with van der Waals surface area (Å²) in [6.07, 6.45) is 0. The van der Waals surface area contributed by atoms with Crippen LogP contribution in [-0.2, 0) is 10.1 Å². The van der Waals surface area contributed by atoms with Crippen LogP contribution in [0.2, 0.25) is 0 Å². The number of rotatable bonds is 2. The van der Waals surface area contributed by atoms with Crippen LogP contribution >= 0.6 is 27.3 Å². The maximum atomic E-state index is 12.4. The molecule has 3 aromatic rings. The molecule has 0 unspecified atom stereocenters. The predicted molar refractivity (Wildman–Crippen MR) is 82.6 cm³/mol. The summed E-state index contributed by atoms with van der Waals surface area (Å²) >= 11 is 4.57. The van der Waals surface area contributed by atoms with Crippen molar-refractivity contribution >= 4 is 58.2 Å². The van der Waals surface area contributed by atoms with Crippen molar-refractivity contribution in [3.05, 3.63) is 40.2 Å². The van der Waals surface area contributed by atoms with E-state index in [9.17, 15) is 21.6 Å². The molecule has 0 saturated carbocycles. The van der Waals surface area contributed by atoms with Crippen LogP contribution < -0.4 is 4.18 Å². The SMILES string of the molecule is O=S(=O)(Oc1cc2cc3ccsc3cc2cc1Br)C(F)(F)F. The fraction of sp³-hybridized carbons (Fsp3) is 0.0769. The molecule has 9 heteroatoms. The Balaban J connectivity index is 2.14. The fourth-order valence-corrected chi connectivity index (χ4v) is 3.78. The van der Waals surface area contributed by atoms with E-state index in [0.29, 0.717) is 5.39 Å². The van der Waals surface area contributed by atoms with Gasteiger partial charge in [-0.2, -0.15) is 21.6 Å². The van der Waals surface area contributed by atoms with Gasteiger partial charge >= 0.3 is 15.6 Å². The maximum Gasteiger partial charge on any atom is 0.534 e. The molecule has 0 aliphatic heterocycles. The van der Waals surface area contributed by atoms with Crippen LogP contribution in [0.25, 0.3) is 20.9 Å². The predicted octanol–water partition coefficient (Wildman–Crippen LogP) is 5.05. The second kappa shape index (κ2) is 5.10. The Morgan fingerprint density at radius 3 is 2.41 bits per heavy atom. The van der Waals surface area contributed by atoms with Crippen molar-refractivity contribution < 1.29 is 25.8 Å². The highest BCUT2D eigenvalue weighted by Gasteiger charge is 2.48. The Labute approximate surface area is 135 Å². The molecule has 3 rings (SSSR count). The van der Waals surface area contributed by atoms with Gasteiger partial charge in [-0.15, -0.1) is 11.3 Å². The number of hydrogen-bond donors (Lipinski definition) is 0. The molecule has 3 nitrogen and oxygen atoms in total. The largest absolute Gasteiger partial charge is 0.534 e. The zero-order chi connectivity index (χ0) is 16.1. The van der Waals surface area contributed by atoms with Gasteiger partial charge in [0, 0.05) is 4.70 Å². The minimum atomic E-state index is -5.70. The van der Waals surface area contributed by atoms with Gasteiger partial charge < -0.3 is 4.18 Å². The minimum Gasteiger partial charge on any atom is -0.375 e. The Morgan fingerprint density at radius 1 is 1.05 bits per heavy atom. The molecule has 0 fully saturated rings. The Morgan fingerprint density at radius 2 is 1.73 bits per heavy atom. The first-order valence-electron chi connectivity index (χ1n) is 5.79. The summed E-state index contributed by atoms with van der Waals surface area (Å²) in [5, 5.41) is 4.16. The van der Waals surface area contributed by atoms with Crippen molar-refractivity contribution in [3.63, 3.8) is 0 Å². The van der Waals surface area contributed by atoms with Crippen molar-refractivity contribution in [3.8, 4) is 5.75 Å². The lowest BCUT2D eigenvalue weighted by atomic mass is 10.1. The fourth-order valence-electron chi connectivity index (χ4n) is 1.94. The second-order valence-electron chi connectivity index (χ2n) is 4.42. The smallest absolute Gasteiger partial charge is 0.375 e. The lowest BCUT2D eigenvalue weighted by Gasteiger charge is -2.11. The van der Waals surface area contributed by atoms with E-state index in [2.05, 4.69) is 20.1 Å². The summed E-state index contributed by atoms with van der Waals surface area (Å²) in [5.74, 6) is -0.403. The molecule has 1 aromatic heterocycles. The molecule has 1 heterocycles. The Bertz CT molecular complexity index is 977. The van der Waals surface area contributed by atoms with Crippen LogP contribution in [-0.4, -0.2) is 13.9 Å². The van der Waals surface area contributed by atoms with E-state index in [1.54, 1.807) is 6.07 Å². The first-order valence-corrected chi connectivity index (χ1v) is 8.87. The van der Waals surface area contributed by atoms with Crippen molar-refractivity contribution in [2.75, 3.05) is 0 Å². The molecule has 0 aliphatic carbocycles. The van der Waals surface area contributed by atoms with E-state index in [1.165, 1.54) is 23.5 Å². The van der Waals surface area contributed by atoms with E-state index >= 15 is 0 Å². The summed E-state index contributed by atoms with van der Waals surface area (Å²) < 4.78 is 64.8. The van der Waals surface area contributed by atoms with E-state index in [-0.39, 0.29) is 4.47 Å². The van der Waals surface area contributed by atoms with Gasteiger partial charge in [-0.3, -0.25) is 0 Å². The van der Waals surface area contributed by atoms with Gasteiger partial charge in [-0.05, 0) is 67.8 Å². The molecule has 0 saturated heterocycles. The summed E-state index contributed by atoms with van der Waals surface area (Å²) in [6.45, 7) is 0. The highest BCUT2D eigenvalue weighted by atomic mass is 79.9. The van der Waals surface area contributed by atoms with E-state index in [1.807, 2.05) is 17.5 Å². The lowest BCUT2D eigenvalue weighted by Crippen LogP contribution is -2.28. The zero-order valence-electron chi connectivity index (χ0n) is 10.5. The summed E-state index contributed by atoms with van der Waals surface area (Å²) in [4.78, 5) is 0. The molecule has 0 radical (unpaired) electrons. The van der Waals surface area contributed by atoms with Gasteiger partial charge in [0.2, 0.25) is 0 Å². The van der Waals surface area contributed by atoms with Crippen LogP contribution in [0.1, 0.15) is 0 Å². The number of halogens is 4. The Kier molecular flexibility index (Phi) is 3.61. The van der Waals surface area contributed by atoms with Crippen LogP contribution in [0.15, 0.2) is 40.2 Å². The van der Waals surface area contributed by atoms with Gasteiger partial charge in [-0.1, -0.05) is 0 Å². The number of fused-ring (bicyclic) bond motifs is 2. The van der Waals surface area contributed by atoms with Crippen LogP contribution in [0.3, 0.4) is 0 Å². The molecule has 0 atom stereocenters. The molecule has 0 N–H and O–H groups in total. The van der Waals surface area contributed by atoms with Crippen molar-refractivity contribution in [1.82, 2.24) is 0 Å². The highest BCUT2D eigenvalue weighted by molar-refractivity contribution is 9.10. The molecule has 2 aromatic carbocycles. The highest BCUT2D eigenvalue weighted by Crippen LogP contribution is 2.36. The van der Waals surface area contributed by atoms with Crippen LogP contribution in [0.4, 0.5) is 13.2 Å². The third kappa shape index (κ3) is 2.68. The second-order valence-corrected chi connectivity index (χ2v) is 7.76. The Hall–Kier alpha value is -1.32. The molecule has 0 amide bonds. The van der Waals surface area contributed by atoms with E-state index < -0.39 is 21.4 Å². The molecule has 0 bridgehead atoms. The first kappa shape index (κ1) is 15.6. The van der Waals surface area contributed by atoms with Gasteiger partial charge in [0.15, 0.2) is 5.75 Å². The van der Waals surface area contributed by atoms with Gasteiger partial charge in [0.1, 0.15) is 0 Å². The normalized spacial score (nSPS) is 12.9. The van der Waals surface area contributed by atoms with Crippen molar-refractivity contribution in [2.24, 2.45) is 0 Å². The summed E-state index contributed by atoms with van der Waals surface area (Å²) in [7, 11) is -5.70. The average molecular weight is 411 g/mol. The summed E-state index contributed by atoms with van der Waals surface area (Å²) in [6, 6.07) is 8.30. The van der Waals surface area contributed by atoms with Gasteiger partial charge in [-0.25, -0.2) is 0 Å². The average Bonchev–Trinajstić information content (AvgIpc) is 2.82. The molecule has 0 spiro atoms. The monoisotopic (exact) mass is 410 g/mol. The topological polar surface area (TPSA) is 43.4 Å². The third-order valence-corrected chi connectivity index (χ3v) is 5.41. The number of benzene rings is 2. The van der Waals surface area contributed by atoms with Gasteiger partial charge in [0.25, 0.3) is 0 Å². The number of hydrogen-bond acceptors (Lipinski definition) is 4. The van der Waals surface area contributed by atoms with E-state index in [4.69, 9.17) is 0 Å². The molecular weight excluding hydrogens is 405 g/mol. The molecule has 116 valence electrons. The first-order chi connectivity index (χ1) is 10.2. The van der Waals surface area contributed by atoms with Gasteiger partial charge in [0.05, 0.1) is 4.47 Å². The lowest BCUT2D eigenvalue weighted by molar-refractivity contribution is -0.0500. The van der Waals surface area contributed by atoms with Crippen molar-refractivity contribution in [1.29, 1.82) is 0 Å². The quantitative estimate of drug-likeness (QED) is 0.438. The molecule has 0 aliphatic rings. The molecular formula is C13H6BrF3O3S2. The third-order valence-electron chi connectivity index (χ3n) is 2.95. The van der Waals surface area contributed by atoms with Crippen molar-refractivity contribution in [2.45, 2.75) is 5.51 Å². The minimum absolute atomic E-state index is 0.128. The standard InChI is InChI=1S/C13H6BrF3O3S2/c14-10-4-9-6-12-7(1-2-21-12)3-8(9)5-11(10)20-22(18,19)13(15,16)17/h1-6H. The van der Waals surface area contributed by atoms with Crippen LogP contribution in [0, 0.1) is 0 Å². The van der Waals surface area contributed by atoms with E-state index in [0.717, 1.165) is 15.5 Å².